The second kappa shape index (κ2) is 10.5. The predicted molar refractivity (Wildman–Crippen MR) is 147 cm³/mol. The maximum Gasteiger partial charge on any atom is 0.280 e. The van der Waals surface area contributed by atoms with E-state index >= 15 is 0 Å². The molecular weight excluding hydrogens is 540 g/mol. The Morgan fingerprint density at radius 1 is 1.12 bits per heavy atom. The minimum atomic E-state index is -2.85. The second-order valence-corrected chi connectivity index (χ2v) is 10.3. The number of nitrogens with two attached hydrogens (primary N) is 1. The Kier molecular flexibility index (Phi) is 7.06. The average molecular weight is 566 g/mol. The van der Waals surface area contributed by atoms with Gasteiger partial charge >= 0.3 is 0 Å². The van der Waals surface area contributed by atoms with Crippen molar-refractivity contribution in [2.45, 2.75) is 33.9 Å². The van der Waals surface area contributed by atoms with Gasteiger partial charge in [-0.15, -0.1) is 11.3 Å². The zero-order chi connectivity index (χ0) is 28.7. The van der Waals surface area contributed by atoms with Crippen LogP contribution in [0.3, 0.4) is 0 Å². The Balaban J connectivity index is 1.50. The highest BCUT2D eigenvalue weighted by molar-refractivity contribution is 7.21. The van der Waals surface area contributed by atoms with Crippen molar-refractivity contribution in [1.29, 1.82) is 0 Å². The zero-order valence-corrected chi connectivity index (χ0v) is 22.8. The lowest BCUT2D eigenvalue weighted by Crippen LogP contribution is -2.18. The van der Waals surface area contributed by atoms with E-state index in [0.29, 0.717) is 28.0 Å². The minimum absolute atomic E-state index is 0.0253. The van der Waals surface area contributed by atoms with Gasteiger partial charge in [-0.3, -0.25) is 14.3 Å². The van der Waals surface area contributed by atoms with E-state index in [1.807, 2.05) is 32.0 Å². The van der Waals surface area contributed by atoms with E-state index in [0.717, 1.165) is 22.5 Å². The predicted octanol–water partition coefficient (Wildman–Crippen LogP) is 5.14. The number of ether oxygens (including phenoxy) is 1. The van der Waals surface area contributed by atoms with E-state index in [4.69, 9.17) is 10.5 Å². The van der Waals surface area contributed by atoms with E-state index in [9.17, 15) is 18.4 Å². The second-order valence-electron chi connectivity index (χ2n) is 9.28. The Morgan fingerprint density at radius 2 is 1.90 bits per heavy atom. The molecule has 3 N–H and O–H groups in total. The molecule has 4 aromatic heterocycles. The number of amides is 2. The van der Waals surface area contributed by atoms with Gasteiger partial charge in [-0.2, -0.15) is 10.2 Å². The fourth-order valence-corrected chi connectivity index (χ4v) is 5.44. The number of nitrogens with zero attached hydrogens (tertiary/aromatic N) is 5. The molecule has 40 heavy (non-hydrogen) atoms. The molecular formula is C27H25F2N7O3S. The summed E-state index contributed by atoms with van der Waals surface area (Å²) in [6.45, 7) is 5.72. The van der Waals surface area contributed by atoms with E-state index in [-0.39, 0.29) is 27.8 Å². The molecule has 206 valence electrons. The van der Waals surface area contributed by atoms with Gasteiger partial charge in [0.05, 0.1) is 11.4 Å². The third kappa shape index (κ3) is 5.15. The molecule has 0 spiro atoms. The Hall–Kier alpha value is -4.65. The molecule has 0 aliphatic heterocycles. The normalized spacial score (nSPS) is 11.4. The third-order valence-corrected chi connectivity index (χ3v) is 7.33. The summed E-state index contributed by atoms with van der Waals surface area (Å²) >= 11 is 0.829. The Morgan fingerprint density at radius 3 is 2.55 bits per heavy atom. The monoisotopic (exact) mass is 565 g/mol. The number of alkyl halides is 2. The van der Waals surface area contributed by atoms with Crippen molar-refractivity contribution < 1.29 is 23.1 Å². The lowest BCUT2D eigenvalue weighted by molar-refractivity contribution is 0.100. The van der Waals surface area contributed by atoms with Crippen LogP contribution in [0.1, 0.15) is 49.1 Å². The fraction of sp³-hybridized carbons (Fsp3) is 0.222. The molecule has 13 heteroatoms. The lowest BCUT2D eigenvalue weighted by atomic mass is 10.0. The molecule has 0 saturated carbocycles. The summed E-state index contributed by atoms with van der Waals surface area (Å²) in [4.78, 5) is 29.8. The Labute approximate surface area is 231 Å². The highest BCUT2D eigenvalue weighted by Crippen LogP contribution is 2.43. The van der Waals surface area contributed by atoms with Crippen LogP contribution in [0.4, 0.5) is 14.5 Å². The number of anilines is 1. The van der Waals surface area contributed by atoms with E-state index in [2.05, 4.69) is 20.5 Å². The molecule has 4 heterocycles. The summed E-state index contributed by atoms with van der Waals surface area (Å²) < 4.78 is 36.3. The molecule has 10 nitrogen and oxygen atoms in total. The fourth-order valence-electron chi connectivity index (χ4n) is 4.43. The van der Waals surface area contributed by atoms with Crippen molar-refractivity contribution >= 4 is 39.1 Å². The highest BCUT2D eigenvalue weighted by atomic mass is 32.1. The number of aryl methyl sites for hydroxylation is 4. The molecule has 0 saturated heterocycles. The van der Waals surface area contributed by atoms with Crippen LogP contribution in [-0.2, 0) is 13.8 Å². The number of hydrogen-bond donors (Lipinski definition) is 2. The molecule has 0 radical (unpaired) electrons. The van der Waals surface area contributed by atoms with Crippen LogP contribution in [-0.4, -0.2) is 36.4 Å². The van der Waals surface area contributed by atoms with E-state index < -0.39 is 23.9 Å². The number of carbonyl (C=O) groups is 2. The number of nitrogens with one attached hydrogen (secondary N) is 1. The van der Waals surface area contributed by atoms with Gasteiger partial charge in [0.15, 0.2) is 12.4 Å². The zero-order valence-electron chi connectivity index (χ0n) is 22.0. The smallest absolute Gasteiger partial charge is 0.280 e. The first-order valence-electron chi connectivity index (χ1n) is 12.1. The first kappa shape index (κ1) is 26.9. The van der Waals surface area contributed by atoms with Crippen molar-refractivity contribution in [3.8, 4) is 16.9 Å². The maximum absolute atomic E-state index is 13.7. The van der Waals surface area contributed by atoms with Gasteiger partial charge in [-0.1, -0.05) is 17.7 Å². The van der Waals surface area contributed by atoms with Gasteiger partial charge < -0.3 is 15.8 Å². The molecule has 0 bridgehead atoms. The first-order valence-corrected chi connectivity index (χ1v) is 12.9. The van der Waals surface area contributed by atoms with E-state index in [1.54, 1.807) is 31.0 Å². The number of thiophene rings is 1. The third-order valence-electron chi connectivity index (χ3n) is 6.23. The number of primary amides is 1. The molecule has 0 aliphatic carbocycles. The quantitative estimate of drug-likeness (QED) is 0.268. The number of hydrogen-bond acceptors (Lipinski definition) is 7. The summed E-state index contributed by atoms with van der Waals surface area (Å²) in [7, 11) is 1.70. The van der Waals surface area contributed by atoms with Crippen LogP contribution in [0.15, 0.2) is 42.7 Å². The molecule has 0 atom stereocenters. The van der Waals surface area contributed by atoms with Crippen LogP contribution >= 0.6 is 11.3 Å². The number of pyridine rings is 1. The minimum Gasteiger partial charge on any atom is -0.471 e. The van der Waals surface area contributed by atoms with Gasteiger partial charge in [-0.05, 0) is 50.1 Å². The highest BCUT2D eigenvalue weighted by Gasteiger charge is 2.26. The first-order chi connectivity index (χ1) is 19.0. The largest absolute Gasteiger partial charge is 0.471 e. The number of aromatic nitrogens is 5. The molecule has 2 amide bonds. The van der Waals surface area contributed by atoms with Crippen LogP contribution in [0.25, 0.3) is 21.3 Å². The SMILES string of the molecule is Cc1ccc(OCn2ccc(C(=O)Nc3c(C(N)=O)sc4nc(C(F)F)cc(-c5cn(C)nc5C)c34)n2)c(C)c1. The molecule has 0 aliphatic rings. The molecule has 5 rings (SSSR count). The van der Waals surface area contributed by atoms with E-state index in [1.165, 1.54) is 16.8 Å². The van der Waals surface area contributed by atoms with Crippen LogP contribution in [0.2, 0.25) is 0 Å². The van der Waals surface area contributed by atoms with Gasteiger partial charge in [0.25, 0.3) is 18.2 Å². The van der Waals surface area contributed by atoms with Crippen molar-refractivity contribution in [1.82, 2.24) is 24.5 Å². The number of benzene rings is 1. The molecule has 5 aromatic rings. The molecule has 1 aromatic carbocycles. The van der Waals surface area contributed by atoms with Gasteiger partial charge in [-0.25, -0.2) is 18.4 Å². The summed E-state index contributed by atoms with van der Waals surface area (Å²) in [5, 5.41) is 11.6. The molecule has 0 fully saturated rings. The van der Waals surface area contributed by atoms with Crippen molar-refractivity contribution in [3.63, 3.8) is 0 Å². The summed E-state index contributed by atoms with van der Waals surface area (Å²) in [6, 6.07) is 8.54. The van der Waals surface area contributed by atoms with Crippen molar-refractivity contribution in [3.05, 3.63) is 75.8 Å². The average Bonchev–Trinajstić information content (AvgIpc) is 3.60. The summed E-state index contributed by atoms with van der Waals surface area (Å²) in [5.74, 6) is -0.769. The number of fused-ring (bicyclic) bond motifs is 1. The van der Waals surface area contributed by atoms with Crippen molar-refractivity contribution in [2.75, 3.05) is 5.32 Å². The number of rotatable bonds is 8. The number of carbonyl (C=O) groups excluding carboxylic acids is 2. The van der Waals surface area contributed by atoms with Gasteiger partial charge in [0, 0.05) is 30.4 Å². The van der Waals surface area contributed by atoms with Crippen molar-refractivity contribution in [2.24, 2.45) is 12.8 Å². The standard InChI is InChI=1S/C27H25F2N7O3S/c1-13-5-6-20(14(2)9-13)39-12-36-8-7-18(34-36)26(38)32-22-21-16(17-11-35(4)33-15(17)3)10-19(24(28)29)31-27(21)40-23(22)25(30)37/h5-11,24H,12H2,1-4H3,(H2,30,37)(H,32,38). The summed E-state index contributed by atoms with van der Waals surface area (Å²) in [5.41, 5.74) is 8.83. The van der Waals surface area contributed by atoms with Crippen LogP contribution in [0, 0.1) is 20.8 Å². The van der Waals surface area contributed by atoms with Gasteiger partial charge in [0.2, 0.25) is 0 Å². The van der Waals surface area contributed by atoms with Gasteiger partial charge in [0.1, 0.15) is 21.2 Å². The summed E-state index contributed by atoms with van der Waals surface area (Å²) in [6.07, 6.45) is 0.400. The lowest BCUT2D eigenvalue weighted by Gasteiger charge is -2.10. The topological polar surface area (TPSA) is 130 Å². The number of halogens is 2. The van der Waals surface area contributed by atoms with Crippen LogP contribution in [0.5, 0.6) is 5.75 Å². The Bertz CT molecular complexity index is 1770. The van der Waals surface area contributed by atoms with Crippen LogP contribution < -0.4 is 15.8 Å². The maximum atomic E-state index is 13.7. The molecule has 0 unspecified atom stereocenters.